The van der Waals surface area contributed by atoms with E-state index in [0.717, 1.165) is 38.7 Å². The molecule has 0 saturated carbocycles. The van der Waals surface area contributed by atoms with Crippen molar-refractivity contribution in [3.63, 3.8) is 0 Å². The molecule has 1 unspecified atom stereocenters. The predicted octanol–water partition coefficient (Wildman–Crippen LogP) is 9.70. The summed E-state index contributed by atoms with van der Waals surface area (Å²) in [6, 6.07) is 28.3. The van der Waals surface area contributed by atoms with Crippen LogP contribution in [0, 0.1) is 12.8 Å². The Morgan fingerprint density at radius 2 is 1.67 bits per heavy atom. The Morgan fingerprint density at radius 3 is 2.45 bits per heavy atom. The molecule has 8 rings (SSSR count). The number of halogens is 1. The van der Waals surface area contributed by atoms with Gasteiger partial charge in [-0.25, -0.2) is 9.79 Å². The van der Waals surface area contributed by atoms with E-state index in [-0.39, 0.29) is 17.5 Å². The van der Waals surface area contributed by atoms with Gasteiger partial charge >= 0.3 is 5.97 Å². The molecule has 4 heteroatoms. The smallest absolute Gasteiger partial charge is 0.334 e. The SMILES string of the molecule is [2H]C1=C2CCc3ccc(Br)cc3C2=NC1=C(C(=O)O)C(C)Cc1ccc2c3cccc4cccc(c5cc(C)cc1c25)c43. The van der Waals surface area contributed by atoms with E-state index in [1.165, 1.54) is 48.8 Å². The molecule has 1 heterocycles. The Labute approximate surface area is 253 Å². The lowest BCUT2D eigenvalue weighted by atomic mass is 9.84. The molecule has 1 aliphatic heterocycles. The topological polar surface area (TPSA) is 49.7 Å². The Hall–Kier alpha value is -4.28. The van der Waals surface area contributed by atoms with Crippen LogP contribution in [0.4, 0.5) is 0 Å². The fourth-order valence-electron chi connectivity index (χ4n) is 7.26. The minimum Gasteiger partial charge on any atom is -0.478 e. The largest absolute Gasteiger partial charge is 0.478 e. The van der Waals surface area contributed by atoms with Gasteiger partial charge in [-0.15, -0.1) is 0 Å². The number of fused-ring (bicyclic) bond motifs is 5. The Kier molecular flexibility index (Phi) is 5.43. The minimum atomic E-state index is -1.01. The number of aliphatic carboxylic acids is 1. The molecule has 1 atom stereocenters. The molecule has 204 valence electrons. The van der Waals surface area contributed by atoms with Crippen molar-refractivity contribution in [2.24, 2.45) is 10.9 Å². The monoisotopic (exact) mass is 610 g/mol. The fourth-order valence-corrected chi connectivity index (χ4v) is 7.62. The van der Waals surface area contributed by atoms with Crippen LogP contribution in [0.2, 0.25) is 0 Å². The van der Waals surface area contributed by atoms with E-state index in [9.17, 15) is 9.90 Å². The average molecular weight is 612 g/mol. The number of hydrogen-bond donors (Lipinski definition) is 1. The summed E-state index contributed by atoms with van der Waals surface area (Å²) in [5.74, 6) is -1.36. The van der Waals surface area contributed by atoms with Crippen molar-refractivity contribution in [2.45, 2.75) is 33.1 Å². The highest BCUT2D eigenvalue weighted by atomic mass is 79.9. The van der Waals surface area contributed by atoms with Crippen LogP contribution in [0.15, 0.2) is 111 Å². The first-order valence-corrected chi connectivity index (χ1v) is 15.2. The van der Waals surface area contributed by atoms with Gasteiger partial charge in [0.2, 0.25) is 0 Å². The summed E-state index contributed by atoms with van der Waals surface area (Å²) in [7, 11) is 0. The zero-order valence-electron chi connectivity index (χ0n) is 24.4. The van der Waals surface area contributed by atoms with E-state index in [1.807, 2.05) is 19.1 Å². The molecule has 6 aromatic rings. The Morgan fingerprint density at radius 1 is 0.929 bits per heavy atom. The number of aliphatic imine (C=N–C) groups is 1. The molecule has 42 heavy (non-hydrogen) atoms. The number of carbonyl (C=O) groups is 1. The zero-order valence-corrected chi connectivity index (χ0v) is 25.0. The van der Waals surface area contributed by atoms with Gasteiger partial charge in [0, 0.05) is 10.0 Å². The lowest BCUT2D eigenvalue weighted by Crippen LogP contribution is -2.14. The van der Waals surface area contributed by atoms with Crippen LogP contribution in [0.5, 0.6) is 0 Å². The summed E-state index contributed by atoms with van der Waals surface area (Å²) in [6.45, 7) is 4.09. The van der Waals surface area contributed by atoms with Gasteiger partial charge in [-0.1, -0.05) is 89.6 Å². The summed E-state index contributed by atoms with van der Waals surface area (Å²) < 4.78 is 9.96. The van der Waals surface area contributed by atoms with Crippen LogP contribution in [0.25, 0.3) is 43.1 Å². The summed E-state index contributed by atoms with van der Waals surface area (Å²) in [5, 5.41) is 20.4. The predicted molar refractivity (Wildman–Crippen MR) is 177 cm³/mol. The number of carboxylic acids is 1. The average Bonchev–Trinajstić information content (AvgIpc) is 3.32. The van der Waals surface area contributed by atoms with Gasteiger partial charge < -0.3 is 5.11 Å². The van der Waals surface area contributed by atoms with Gasteiger partial charge in [-0.2, -0.15) is 0 Å². The summed E-state index contributed by atoms with van der Waals surface area (Å²) in [4.78, 5) is 17.7. The third-order valence-electron chi connectivity index (χ3n) is 9.09. The van der Waals surface area contributed by atoms with Crippen molar-refractivity contribution < 1.29 is 11.3 Å². The van der Waals surface area contributed by atoms with Gasteiger partial charge in [0.15, 0.2) is 0 Å². The van der Waals surface area contributed by atoms with Crippen molar-refractivity contribution >= 4 is 70.7 Å². The molecule has 0 amide bonds. The zero-order chi connectivity index (χ0) is 29.6. The second kappa shape index (κ2) is 9.37. The molecular weight excluding hydrogens is 582 g/mol. The molecule has 1 aliphatic carbocycles. The molecule has 0 fully saturated rings. The number of hydrogen-bond acceptors (Lipinski definition) is 2. The third-order valence-corrected chi connectivity index (χ3v) is 9.58. The number of carboxylic acid groups (broad SMARTS) is 1. The quantitative estimate of drug-likeness (QED) is 0.123. The van der Waals surface area contributed by atoms with Crippen molar-refractivity contribution in [1.82, 2.24) is 0 Å². The molecule has 0 saturated heterocycles. The maximum Gasteiger partial charge on any atom is 0.334 e. The summed E-state index contributed by atoms with van der Waals surface area (Å²) >= 11 is 3.57. The van der Waals surface area contributed by atoms with Gasteiger partial charge in [-0.3, -0.25) is 0 Å². The van der Waals surface area contributed by atoms with E-state index >= 15 is 0 Å². The Balaban J connectivity index is 1.29. The van der Waals surface area contributed by atoms with Crippen LogP contribution in [-0.2, 0) is 17.6 Å². The van der Waals surface area contributed by atoms with E-state index in [1.54, 1.807) is 0 Å². The van der Waals surface area contributed by atoms with Crippen molar-refractivity contribution in [3.05, 3.63) is 128 Å². The second-order valence-electron chi connectivity index (χ2n) is 11.8. The van der Waals surface area contributed by atoms with Crippen LogP contribution < -0.4 is 0 Å². The van der Waals surface area contributed by atoms with Crippen LogP contribution in [-0.4, -0.2) is 16.8 Å². The molecule has 6 aromatic carbocycles. The van der Waals surface area contributed by atoms with Crippen LogP contribution in [0.3, 0.4) is 0 Å². The highest BCUT2D eigenvalue weighted by molar-refractivity contribution is 9.10. The van der Waals surface area contributed by atoms with Crippen molar-refractivity contribution in [1.29, 1.82) is 0 Å². The second-order valence-corrected chi connectivity index (χ2v) is 12.7. The molecular formula is C38H28BrNO2. The van der Waals surface area contributed by atoms with Crippen LogP contribution in [0.1, 0.15) is 37.0 Å². The molecule has 0 spiro atoms. The first-order valence-electron chi connectivity index (χ1n) is 14.9. The summed E-state index contributed by atoms with van der Waals surface area (Å²) in [6.07, 6.45) is 2.05. The number of benzene rings is 6. The van der Waals surface area contributed by atoms with E-state index < -0.39 is 5.97 Å². The van der Waals surface area contributed by atoms with Crippen LogP contribution >= 0.6 is 15.9 Å². The van der Waals surface area contributed by atoms with Crippen molar-refractivity contribution in [2.75, 3.05) is 0 Å². The molecule has 3 nitrogen and oxygen atoms in total. The molecule has 0 aromatic heterocycles. The summed E-state index contributed by atoms with van der Waals surface area (Å²) in [5.41, 5.74) is 6.56. The fraction of sp³-hybridized carbons (Fsp3) is 0.158. The lowest BCUT2D eigenvalue weighted by molar-refractivity contribution is -0.133. The van der Waals surface area contributed by atoms with E-state index in [4.69, 9.17) is 6.36 Å². The molecule has 1 N–H and O–H groups in total. The van der Waals surface area contributed by atoms with Gasteiger partial charge in [0.25, 0.3) is 0 Å². The maximum absolute atomic E-state index is 12.9. The number of aryl methyl sites for hydroxylation is 2. The highest BCUT2D eigenvalue weighted by Gasteiger charge is 2.29. The number of allylic oxidation sites excluding steroid dienone is 2. The highest BCUT2D eigenvalue weighted by Crippen LogP contribution is 2.42. The lowest BCUT2D eigenvalue weighted by Gasteiger charge is -2.19. The third kappa shape index (κ3) is 3.78. The van der Waals surface area contributed by atoms with E-state index in [2.05, 4.69) is 89.6 Å². The van der Waals surface area contributed by atoms with Gasteiger partial charge in [0.1, 0.15) is 0 Å². The minimum absolute atomic E-state index is 0.211. The first-order chi connectivity index (χ1) is 20.8. The molecule has 2 aliphatic rings. The van der Waals surface area contributed by atoms with Gasteiger partial charge in [-0.05, 0) is 116 Å². The van der Waals surface area contributed by atoms with E-state index in [0.29, 0.717) is 18.5 Å². The normalized spacial score (nSPS) is 17.1. The maximum atomic E-state index is 12.9. The first kappa shape index (κ1) is 24.3. The van der Waals surface area contributed by atoms with Gasteiger partial charge in [0.05, 0.1) is 18.4 Å². The standard InChI is InChI=1S/C38H28BrNO2/c1-20-15-30-24(12-14-29-27-7-3-5-23-6-4-8-28(35(23)27)32(16-20)36(29)30)17-21(2)34(38(41)42)33-18-25-10-9-22-11-13-26(39)19-31(22)37(25)40-33/h3-8,11-16,18-19,21H,9-10,17H2,1-2H3,(H,41,42)/i18D. The Bertz CT molecular complexity index is 2290. The molecule has 0 bridgehead atoms. The number of rotatable bonds is 4. The molecule has 0 radical (unpaired) electrons. The van der Waals surface area contributed by atoms with Crippen molar-refractivity contribution in [3.8, 4) is 0 Å². The number of nitrogens with zero attached hydrogens (tertiary/aromatic N) is 1.